The van der Waals surface area contributed by atoms with Gasteiger partial charge in [-0.1, -0.05) is 49.9 Å². The van der Waals surface area contributed by atoms with E-state index in [0.29, 0.717) is 23.8 Å². The van der Waals surface area contributed by atoms with Crippen molar-refractivity contribution in [1.82, 2.24) is 5.32 Å². The van der Waals surface area contributed by atoms with Crippen molar-refractivity contribution < 1.29 is 32.3 Å². The highest BCUT2D eigenvalue weighted by Crippen LogP contribution is 2.34. The van der Waals surface area contributed by atoms with E-state index in [1.54, 1.807) is 24.3 Å². The minimum atomic E-state index is -4.81. The van der Waals surface area contributed by atoms with Crippen molar-refractivity contribution in [3.05, 3.63) is 89.0 Å². The number of urea groups is 1. The maximum absolute atomic E-state index is 12.7. The van der Waals surface area contributed by atoms with Crippen LogP contribution in [0.25, 0.3) is 0 Å². The molecular weight excluding hydrogens is 569 g/mol. The molecule has 2 N–H and O–H groups in total. The van der Waals surface area contributed by atoms with Gasteiger partial charge in [0.1, 0.15) is 5.75 Å². The molecule has 0 aromatic heterocycles. The van der Waals surface area contributed by atoms with E-state index in [1.807, 2.05) is 39.0 Å². The lowest BCUT2D eigenvalue weighted by molar-refractivity contribution is -0.274. The van der Waals surface area contributed by atoms with Gasteiger partial charge in [-0.15, -0.1) is 13.2 Å². The summed E-state index contributed by atoms with van der Waals surface area (Å²) < 4.78 is 40.7. The zero-order valence-electron chi connectivity index (χ0n) is 23.1. The number of anilines is 2. The van der Waals surface area contributed by atoms with Crippen LogP contribution in [-0.4, -0.2) is 41.7 Å². The van der Waals surface area contributed by atoms with E-state index in [1.165, 1.54) is 28.8 Å². The fourth-order valence-corrected chi connectivity index (χ4v) is 5.08. The third-order valence-corrected chi connectivity index (χ3v) is 7.19. The first-order valence-electron chi connectivity index (χ1n) is 13.1. The predicted octanol–water partition coefficient (Wildman–Crippen LogP) is 6.66. The summed E-state index contributed by atoms with van der Waals surface area (Å²) in [6.07, 6.45) is -4.31. The van der Waals surface area contributed by atoms with E-state index in [4.69, 9.17) is 0 Å². The predicted molar refractivity (Wildman–Crippen MR) is 157 cm³/mol. The molecule has 4 rings (SSSR count). The van der Waals surface area contributed by atoms with Crippen molar-refractivity contribution >= 4 is 46.1 Å². The van der Waals surface area contributed by atoms with Gasteiger partial charge >= 0.3 is 12.4 Å². The molecule has 1 aliphatic rings. The molecule has 12 heteroatoms. The lowest BCUT2D eigenvalue weighted by Crippen LogP contribution is -2.32. The molecule has 0 bridgehead atoms. The lowest BCUT2D eigenvalue weighted by Gasteiger charge is -2.22. The molecular formula is C30H29F3N4O4S. The molecule has 220 valence electrons. The number of carbonyl (C=O) groups is 3. The Bertz CT molecular complexity index is 1490. The molecule has 3 aromatic rings. The van der Waals surface area contributed by atoms with Crippen LogP contribution in [0.3, 0.4) is 0 Å². The Labute approximate surface area is 245 Å². The fourth-order valence-electron chi connectivity index (χ4n) is 4.22. The molecule has 1 saturated heterocycles. The Hall–Kier alpha value is -4.32. The number of amidine groups is 1. The molecule has 0 atom stereocenters. The normalized spacial score (nSPS) is 14.4. The van der Waals surface area contributed by atoms with E-state index in [2.05, 4.69) is 20.4 Å². The van der Waals surface area contributed by atoms with Crippen molar-refractivity contribution in [3.8, 4) is 5.75 Å². The van der Waals surface area contributed by atoms with E-state index < -0.39 is 24.1 Å². The molecule has 0 saturated carbocycles. The Kier molecular flexibility index (Phi) is 9.56. The Balaban J connectivity index is 1.30. The first-order valence-corrected chi connectivity index (χ1v) is 14.1. The molecule has 0 unspecified atom stereocenters. The molecule has 42 heavy (non-hydrogen) atoms. The van der Waals surface area contributed by atoms with E-state index >= 15 is 0 Å². The van der Waals surface area contributed by atoms with Crippen molar-refractivity contribution in [2.75, 3.05) is 22.5 Å². The number of hydrogen-bond donors (Lipinski definition) is 2. The molecule has 3 aromatic carbocycles. The standard InChI is InChI=1S/C30H29F3N4O4S/c1-18(2)24-13-4-19(3)16-25(24)37-26(38)17-42-29(37)36-28(40)34-15-14-20-5-9-22(10-6-20)35-27(39)21-7-11-23(12-8-21)41-30(31,32)33/h4-13,16,18H,14-15,17H2,1-3H3,(H,34,40)(H,35,39). The number of aryl methyl sites for hydroxylation is 1. The molecule has 4 amide bonds. The van der Waals surface area contributed by atoms with Gasteiger partial charge in [-0.2, -0.15) is 4.99 Å². The maximum atomic E-state index is 12.7. The van der Waals surface area contributed by atoms with Crippen LogP contribution in [0.5, 0.6) is 5.75 Å². The number of hydrogen-bond acceptors (Lipinski definition) is 5. The number of amides is 4. The monoisotopic (exact) mass is 598 g/mol. The van der Waals surface area contributed by atoms with Gasteiger partial charge in [-0.25, -0.2) is 4.79 Å². The Morgan fingerprint density at radius 1 is 1.05 bits per heavy atom. The smallest absolute Gasteiger partial charge is 0.406 e. The number of thioether (sulfide) groups is 1. The number of nitrogens with zero attached hydrogens (tertiary/aromatic N) is 2. The summed E-state index contributed by atoms with van der Waals surface area (Å²) in [5.74, 6) is -0.642. The highest BCUT2D eigenvalue weighted by molar-refractivity contribution is 8.15. The second-order valence-corrected chi connectivity index (χ2v) is 10.8. The van der Waals surface area contributed by atoms with Gasteiger partial charge in [0.05, 0.1) is 11.4 Å². The van der Waals surface area contributed by atoms with Crippen molar-refractivity contribution in [2.24, 2.45) is 4.99 Å². The summed E-state index contributed by atoms with van der Waals surface area (Å²) in [4.78, 5) is 43.4. The fraction of sp³-hybridized carbons (Fsp3) is 0.267. The van der Waals surface area contributed by atoms with Crippen molar-refractivity contribution in [1.29, 1.82) is 0 Å². The van der Waals surface area contributed by atoms with Gasteiger partial charge < -0.3 is 15.4 Å². The minimum Gasteiger partial charge on any atom is -0.406 e. The van der Waals surface area contributed by atoms with Crippen molar-refractivity contribution in [2.45, 2.75) is 39.5 Å². The largest absolute Gasteiger partial charge is 0.573 e. The van der Waals surface area contributed by atoms with Gasteiger partial charge in [0.15, 0.2) is 5.17 Å². The molecule has 0 aliphatic carbocycles. The quantitative estimate of drug-likeness (QED) is 0.302. The van der Waals surface area contributed by atoms with Crippen LogP contribution in [0.1, 0.15) is 46.8 Å². The second kappa shape index (κ2) is 13.1. The number of rotatable bonds is 8. The summed E-state index contributed by atoms with van der Waals surface area (Å²) in [5.41, 5.74) is 4.30. The molecule has 1 fully saturated rings. The van der Waals surface area contributed by atoms with Crippen LogP contribution in [0.2, 0.25) is 0 Å². The highest BCUT2D eigenvalue weighted by atomic mass is 32.2. The lowest BCUT2D eigenvalue weighted by atomic mass is 9.99. The van der Waals surface area contributed by atoms with Gasteiger partial charge in [0.25, 0.3) is 5.91 Å². The average Bonchev–Trinajstić information content (AvgIpc) is 3.28. The number of aliphatic imine (C=N–C) groups is 1. The molecule has 1 aliphatic heterocycles. The maximum Gasteiger partial charge on any atom is 0.573 e. The zero-order valence-corrected chi connectivity index (χ0v) is 23.9. The van der Waals surface area contributed by atoms with Crippen LogP contribution in [-0.2, 0) is 11.2 Å². The molecule has 0 radical (unpaired) electrons. The summed E-state index contributed by atoms with van der Waals surface area (Å²) in [6, 6.07) is 16.9. The van der Waals surface area contributed by atoms with Crippen LogP contribution in [0.15, 0.2) is 71.7 Å². The first-order chi connectivity index (χ1) is 19.9. The molecule has 0 spiro atoms. The Morgan fingerprint density at radius 2 is 1.74 bits per heavy atom. The van der Waals surface area contributed by atoms with Gasteiger partial charge in [-0.05, 0) is 78.4 Å². The van der Waals surface area contributed by atoms with Crippen LogP contribution >= 0.6 is 11.8 Å². The van der Waals surface area contributed by atoms with Crippen LogP contribution < -0.4 is 20.3 Å². The third-order valence-electron chi connectivity index (χ3n) is 6.26. The topological polar surface area (TPSA) is 100 Å². The average molecular weight is 599 g/mol. The Morgan fingerprint density at radius 3 is 2.38 bits per heavy atom. The zero-order chi connectivity index (χ0) is 30.4. The number of carbonyl (C=O) groups excluding carboxylic acids is 3. The highest BCUT2D eigenvalue weighted by Gasteiger charge is 2.33. The van der Waals surface area contributed by atoms with E-state index in [-0.39, 0.29) is 23.1 Å². The van der Waals surface area contributed by atoms with E-state index in [0.717, 1.165) is 34.5 Å². The van der Waals surface area contributed by atoms with E-state index in [9.17, 15) is 27.6 Å². The van der Waals surface area contributed by atoms with Gasteiger partial charge in [0.2, 0.25) is 5.91 Å². The number of ether oxygens (including phenoxy) is 1. The van der Waals surface area contributed by atoms with Gasteiger partial charge in [0, 0.05) is 17.8 Å². The summed E-state index contributed by atoms with van der Waals surface area (Å²) in [5, 5.41) is 5.77. The molecule has 8 nitrogen and oxygen atoms in total. The van der Waals surface area contributed by atoms with Crippen LogP contribution in [0, 0.1) is 6.92 Å². The number of benzene rings is 3. The minimum absolute atomic E-state index is 0.126. The second-order valence-electron chi connectivity index (χ2n) is 9.83. The summed E-state index contributed by atoms with van der Waals surface area (Å²) in [6.45, 7) is 6.34. The number of halogens is 3. The SMILES string of the molecule is Cc1ccc(C(C)C)c(N2C(=O)CSC2=NC(=O)NCCc2ccc(NC(=O)c3ccc(OC(F)(F)F)cc3)cc2)c1. The van der Waals surface area contributed by atoms with Crippen LogP contribution in [0.4, 0.5) is 29.3 Å². The third kappa shape index (κ3) is 8.12. The summed E-state index contributed by atoms with van der Waals surface area (Å²) >= 11 is 1.23. The van der Waals surface area contributed by atoms with Gasteiger partial charge in [-0.3, -0.25) is 14.5 Å². The number of alkyl halides is 3. The number of nitrogens with one attached hydrogen (secondary N) is 2. The summed E-state index contributed by atoms with van der Waals surface area (Å²) in [7, 11) is 0. The van der Waals surface area contributed by atoms with Crippen molar-refractivity contribution in [3.63, 3.8) is 0 Å². The molecule has 1 heterocycles. The first kappa shape index (κ1) is 30.6.